The topological polar surface area (TPSA) is 63.7 Å². The molecule has 1 aliphatic heterocycles. The van der Waals surface area contributed by atoms with Crippen LogP contribution in [0.5, 0.6) is 5.75 Å². The Kier molecular flexibility index (Phi) is 6.26. The van der Waals surface area contributed by atoms with Crippen molar-refractivity contribution >= 4 is 5.96 Å². The molecule has 2 heterocycles. The van der Waals surface area contributed by atoms with Gasteiger partial charge in [0.25, 0.3) is 0 Å². The fourth-order valence-corrected chi connectivity index (χ4v) is 2.95. The molecule has 0 spiro atoms. The van der Waals surface area contributed by atoms with Crippen molar-refractivity contribution in [1.29, 1.82) is 0 Å². The number of ether oxygens (including phenoxy) is 1. The Bertz CT molecular complexity index is 679. The standard InChI is InChI=1S/C20H26N4O/c21-20(24-12-5-1-2-6-13-24)23-15-17-8-7-10-19(14-17)25-16-18-9-3-4-11-22-18/h3-4,7-11,14H,1-2,5-6,12-13,15-16H2,(H2,21,23). The van der Waals surface area contributed by atoms with Crippen LogP contribution in [0.4, 0.5) is 0 Å². The van der Waals surface area contributed by atoms with Crippen molar-refractivity contribution < 1.29 is 4.74 Å². The van der Waals surface area contributed by atoms with E-state index in [1.165, 1.54) is 25.7 Å². The van der Waals surface area contributed by atoms with Gasteiger partial charge in [-0.1, -0.05) is 31.0 Å². The van der Waals surface area contributed by atoms with Gasteiger partial charge in [-0.2, -0.15) is 0 Å². The first-order chi connectivity index (χ1) is 12.3. The van der Waals surface area contributed by atoms with Crippen LogP contribution in [-0.2, 0) is 13.2 Å². The van der Waals surface area contributed by atoms with Crippen molar-refractivity contribution in [1.82, 2.24) is 9.88 Å². The highest BCUT2D eigenvalue weighted by molar-refractivity contribution is 5.78. The van der Waals surface area contributed by atoms with E-state index < -0.39 is 0 Å². The second-order valence-corrected chi connectivity index (χ2v) is 6.33. The van der Waals surface area contributed by atoms with Crippen molar-refractivity contribution in [2.75, 3.05) is 13.1 Å². The quantitative estimate of drug-likeness (QED) is 0.671. The van der Waals surface area contributed by atoms with Gasteiger partial charge < -0.3 is 15.4 Å². The van der Waals surface area contributed by atoms with Crippen LogP contribution in [0.25, 0.3) is 0 Å². The van der Waals surface area contributed by atoms with E-state index in [1.807, 2.05) is 42.5 Å². The molecule has 0 aliphatic carbocycles. The highest BCUT2D eigenvalue weighted by atomic mass is 16.5. The molecule has 1 aromatic heterocycles. The number of guanidine groups is 1. The van der Waals surface area contributed by atoms with E-state index in [9.17, 15) is 0 Å². The number of benzene rings is 1. The zero-order valence-corrected chi connectivity index (χ0v) is 14.6. The number of rotatable bonds is 5. The van der Waals surface area contributed by atoms with Crippen molar-refractivity contribution in [3.05, 3.63) is 59.9 Å². The van der Waals surface area contributed by atoms with Crippen molar-refractivity contribution in [2.45, 2.75) is 38.8 Å². The second kappa shape index (κ2) is 9.06. The third-order valence-electron chi connectivity index (χ3n) is 4.36. The summed E-state index contributed by atoms with van der Waals surface area (Å²) in [6, 6.07) is 13.8. The van der Waals surface area contributed by atoms with Gasteiger partial charge in [-0.15, -0.1) is 0 Å². The number of pyridine rings is 1. The highest BCUT2D eigenvalue weighted by Gasteiger charge is 2.10. The molecule has 3 rings (SSSR count). The van der Waals surface area contributed by atoms with E-state index in [0.29, 0.717) is 19.1 Å². The second-order valence-electron chi connectivity index (χ2n) is 6.33. The fraction of sp³-hybridized carbons (Fsp3) is 0.400. The van der Waals surface area contributed by atoms with E-state index in [-0.39, 0.29) is 0 Å². The Labute approximate surface area is 149 Å². The molecular formula is C20H26N4O. The van der Waals surface area contributed by atoms with Gasteiger partial charge in [0.2, 0.25) is 0 Å². The maximum Gasteiger partial charge on any atom is 0.191 e. The summed E-state index contributed by atoms with van der Waals surface area (Å²) in [5.41, 5.74) is 8.18. The number of likely N-dealkylation sites (tertiary alicyclic amines) is 1. The van der Waals surface area contributed by atoms with Crippen LogP contribution in [0.2, 0.25) is 0 Å². The molecule has 0 radical (unpaired) electrons. The van der Waals surface area contributed by atoms with Gasteiger partial charge in [-0.25, -0.2) is 4.99 Å². The van der Waals surface area contributed by atoms with Gasteiger partial charge in [0.05, 0.1) is 12.2 Å². The molecule has 1 aromatic carbocycles. The number of hydrogen-bond acceptors (Lipinski definition) is 3. The van der Waals surface area contributed by atoms with E-state index in [2.05, 4.69) is 14.9 Å². The maximum atomic E-state index is 6.17. The molecule has 0 saturated carbocycles. The SMILES string of the molecule is NC(=NCc1cccc(OCc2ccccn2)c1)N1CCCCCC1. The van der Waals surface area contributed by atoms with Crippen LogP contribution < -0.4 is 10.5 Å². The molecule has 1 fully saturated rings. The predicted octanol–water partition coefficient (Wildman–Crippen LogP) is 3.35. The van der Waals surface area contributed by atoms with Gasteiger partial charge >= 0.3 is 0 Å². The molecule has 2 N–H and O–H groups in total. The summed E-state index contributed by atoms with van der Waals surface area (Å²) < 4.78 is 5.82. The third kappa shape index (κ3) is 5.48. The lowest BCUT2D eigenvalue weighted by Crippen LogP contribution is -2.38. The minimum atomic E-state index is 0.462. The number of nitrogens with two attached hydrogens (primary N) is 1. The summed E-state index contributed by atoms with van der Waals surface area (Å²) in [7, 11) is 0. The van der Waals surface area contributed by atoms with Crippen LogP contribution in [0.15, 0.2) is 53.7 Å². The lowest BCUT2D eigenvalue weighted by molar-refractivity contribution is 0.301. The molecule has 5 nitrogen and oxygen atoms in total. The summed E-state index contributed by atoms with van der Waals surface area (Å²) in [4.78, 5) is 11.0. The van der Waals surface area contributed by atoms with E-state index in [0.717, 1.165) is 30.1 Å². The molecule has 0 atom stereocenters. The fourth-order valence-electron chi connectivity index (χ4n) is 2.95. The first kappa shape index (κ1) is 17.3. The molecule has 25 heavy (non-hydrogen) atoms. The van der Waals surface area contributed by atoms with E-state index in [4.69, 9.17) is 10.5 Å². The van der Waals surface area contributed by atoms with Crippen LogP contribution in [0, 0.1) is 0 Å². The average Bonchev–Trinajstić information content (AvgIpc) is 2.95. The van der Waals surface area contributed by atoms with Crippen LogP contribution in [0.1, 0.15) is 36.9 Å². The average molecular weight is 338 g/mol. The smallest absolute Gasteiger partial charge is 0.191 e. The Balaban J connectivity index is 1.56. The molecule has 1 saturated heterocycles. The maximum absolute atomic E-state index is 6.17. The number of aromatic nitrogens is 1. The van der Waals surface area contributed by atoms with Crippen LogP contribution in [-0.4, -0.2) is 28.9 Å². The monoisotopic (exact) mass is 338 g/mol. The molecule has 0 unspecified atom stereocenters. The molecule has 0 bridgehead atoms. The minimum Gasteiger partial charge on any atom is -0.487 e. The summed E-state index contributed by atoms with van der Waals surface area (Å²) in [6.07, 6.45) is 6.76. The molecular weight excluding hydrogens is 312 g/mol. The van der Waals surface area contributed by atoms with Crippen molar-refractivity contribution in [2.24, 2.45) is 10.7 Å². The van der Waals surface area contributed by atoms with Gasteiger partial charge in [-0.05, 0) is 42.7 Å². The Hall–Kier alpha value is -2.56. The zero-order chi connectivity index (χ0) is 17.3. The van der Waals surface area contributed by atoms with Gasteiger partial charge in [0, 0.05) is 19.3 Å². The number of nitrogens with zero attached hydrogens (tertiary/aromatic N) is 3. The molecule has 5 heteroatoms. The summed E-state index contributed by atoms with van der Waals surface area (Å²) >= 11 is 0. The molecule has 0 amide bonds. The zero-order valence-electron chi connectivity index (χ0n) is 14.6. The molecule has 1 aliphatic rings. The van der Waals surface area contributed by atoms with Crippen LogP contribution >= 0.6 is 0 Å². The number of aliphatic imine (C=N–C) groups is 1. The molecule has 132 valence electrons. The van der Waals surface area contributed by atoms with E-state index in [1.54, 1.807) is 6.20 Å². The van der Waals surface area contributed by atoms with Crippen LogP contribution in [0.3, 0.4) is 0 Å². The van der Waals surface area contributed by atoms with Crippen molar-refractivity contribution in [3.63, 3.8) is 0 Å². The first-order valence-corrected chi connectivity index (χ1v) is 8.98. The third-order valence-corrected chi connectivity index (χ3v) is 4.36. The van der Waals surface area contributed by atoms with Gasteiger partial charge in [0.1, 0.15) is 12.4 Å². The highest BCUT2D eigenvalue weighted by Crippen LogP contribution is 2.16. The van der Waals surface area contributed by atoms with Gasteiger partial charge in [0.15, 0.2) is 5.96 Å². The minimum absolute atomic E-state index is 0.462. The Morgan fingerprint density at radius 1 is 1.08 bits per heavy atom. The predicted molar refractivity (Wildman–Crippen MR) is 100 cm³/mol. The molecule has 2 aromatic rings. The Morgan fingerprint density at radius 2 is 1.92 bits per heavy atom. The lowest BCUT2D eigenvalue weighted by atomic mass is 10.2. The lowest BCUT2D eigenvalue weighted by Gasteiger charge is -2.21. The summed E-state index contributed by atoms with van der Waals surface area (Å²) in [5, 5.41) is 0. The number of hydrogen-bond donors (Lipinski definition) is 1. The summed E-state index contributed by atoms with van der Waals surface area (Å²) in [5.74, 6) is 1.48. The summed E-state index contributed by atoms with van der Waals surface area (Å²) in [6.45, 7) is 3.07. The Morgan fingerprint density at radius 3 is 2.68 bits per heavy atom. The van der Waals surface area contributed by atoms with E-state index >= 15 is 0 Å². The first-order valence-electron chi connectivity index (χ1n) is 8.98. The largest absolute Gasteiger partial charge is 0.487 e. The normalized spacial score (nSPS) is 15.7. The van der Waals surface area contributed by atoms with Crippen molar-refractivity contribution in [3.8, 4) is 5.75 Å². The van der Waals surface area contributed by atoms with Gasteiger partial charge in [-0.3, -0.25) is 4.98 Å².